The Labute approximate surface area is 174 Å². The fraction of sp³-hybridized carbons (Fsp3) is 0.273. The van der Waals surface area contributed by atoms with Crippen molar-refractivity contribution in [1.29, 1.82) is 0 Å². The second-order valence-electron chi connectivity index (χ2n) is 6.24. The number of amides is 2. The maximum absolute atomic E-state index is 13.1. The van der Waals surface area contributed by atoms with Crippen molar-refractivity contribution in [3.8, 4) is 23.0 Å². The van der Waals surface area contributed by atoms with Crippen LogP contribution in [0.1, 0.15) is 19.4 Å². The highest BCUT2D eigenvalue weighted by Gasteiger charge is 2.40. The van der Waals surface area contributed by atoms with E-state index in [4.69, 9.17) is 18.9 Å². The van der Waals surface area contributed by atoms with Crippen LogP contribution in [-0.4, -0.2) is 44.4 Å². The van der Waals surface area contributed by atoms with Gasteiger partial charge >= 0.3 is 5.91 Å². The number of aliphatic hydroxyl groups excluding tert-OH is 1. The smallest absolute Gasteiger partial charge is 0.301 e. The van der Waals surface area contributed by atoms with Crippen molar-refractivity contribution in [1.82, 2.24) is 0 Å². The highest BCUT2D eigenvalue weighted by molar-refractivity contribution is 6.45. The van der Waals surface area contributed by atoms with Crippen molar-refractivity contribution >= 4 is 23.1 Å². The van der Waals surface area contributed by atoms with Crippen molar-refractivity contribution in [2.75, 3.05) is 32.3 Å². The highest BCUT2D eigenvalue weighted by atomic mass is 16.5. The Morgan fingerprint density at radius 3 is 2.07 bits per heavy atom. The number of hydrogen-bond donors (Lipinski definition) is 1. The van der Waals surface area contributed by atoms with Gasteiger partial charge in [0.1, 0.15) is 0 Å². The zero-order valence-electron chi connectivity index (χ0n) is 17.2. The summed E-state index contributed by atoms with van der Waals surface area (Å²) in [6, 6.07) is 9.42. The van der Waals surface area contributed by atoms with Crippen molar-refractivity contribution in [2.24, 2.45) is 0 Å². The summed E-state index contributed by atoms with van der Waals surface area (Å²) in [5, 5.41) is 10.5. The number of aliphatic hydroxyl groups is 1. The lowest BCUT2D eigenvalue weighted by Crippen LogP contribution is -2.31. The van der Waals surface area contributed by atoms with Gasteiger partial charge in [-0.15, -0.1) is 0 Å². The second-order valence-corrected chi connectivity index (χ2v) is 6.24. The molecule has 8 nitrogen and oxygen atoms in total. The number of ether oxygens (including phenoxy) is 4. The minimum atomic E-state index is -0.823. The molecule has 2 aromatic rings. The van der Waals surface area contributed by atoms with E-state index < -0.39 is 17.6 Å². The molecule has 158 valence electrons. The molecule has 0 aliphatic carbocycles. The summed E-state index contributed by atoms with van der Waals surface area (Å²) in [6.07, 6.45) is 0. The maximum atomic E-state index is 13.1. The Morgan fingerprint density at radius 1 is 0.800 bits per heavy atom. The SMILES string of the molecule is CCOc1ccc(N2C(=O)C(O)=C(c3ccc(OC)c(OC)c3)C2=O)cc1OCC. The topological polar surface area (TPSA) is 94.5 Å². The van der Waals surface area contributed by atoms with E-state index in [2.05, 4.69) is 0 Å². The lowest BCUT2D eigenvalue weighted by atomic mass is 10.0. The summed E-state index contributed by atoms with van der Waals surface area (Å²) in [5.41, 5.74) is 0.480. The van der Waals surface area contributed by atoms with Gasteiger partial charge in [0.2, 0.25) is 0 Å². The standard InChI is InChI=1S/C22H23NO7/c1-5-29-16-10-8-14(12-18(16)30-6-2)23-21(25)19(20(24)22(23)26)13-7-9-15(27-3)17(11-13)28-4/h7-12,24H,5-6H2,1-4H3. The number of carbonyl (C=O) groups is 2. The van der Waals surface area contributed by atoms with Crippen LogP contribution in [-0.2, 0) is 9.59 Å². The van der Waals surface area contributed by atoms with Crippen LogP contribution in [0.25, 0.3) is 5.57 Å². The van der Waals surface area contributed by atoms with Gasteiger partial charge in [0.05, 0.1) is 38.7 Å². The predicted molar refractivity (Wildman–Crippen MR) is 110 cm³/mol. The molecule has 0 atom stereocenters. The summed E-state index contributed by atoms with van der Waals surface area (Å²) in [6.45, 7) is 4.48. The zero-order chi connectivity index (χ0) is 21.8. The van der Waals surface area contributed by atoms with E-state index in [0.29, 0.717) is 41.8 Å². The van der Waals surface area contributed by atoms with Gasteiger partial charge in [-0.3, -0.25) is 9.59 Å². The fourth-order valence-electron chi connectivity index (χ4n) is 3.18. The normalized spacial score (nSPS) is 13.7. The quantitative estimate of drug-likeness (QED) is 0.663. The van der Waals surface area contributed by atoms with E-state index >= 15 is 0 Å². The lowest BCUT2D eigenvalue weighted by Gasteiger charge is -2.18. The number of carbonyl (C=O) groups excluding carboxylic acids is 2. The molecule has 0 saturated carbocycles. The molecule has 1 aliphatic rings. The fourth-order valence-corrected chi connectivity index (χ4v) is 3.18. The molecule has 3 rings (SSSR count). The third-order valence-electron chi connectivity index (χ3n) is 4.52. The van der Waals surface area contributed by atoms with Crippen LogP contribution in [0.5, 0.6) is 23.0 Å². The van der Waals surface area contributed by atoms with Gasteiger partial charge < -0.3 is 24.1 Å². The van der Waals surface area contributed by atoms with Crippen LogP contribution in [0.2, 0.25) is 0 Å². The molecule has 1 aliphatic heterocycles. The molecule has 0 aromatic heterocycles. The van der Waals surface area contributed by atoms with E-state index in [-0.39, 0.29) is 11.3 Å². The summed E-state index contributed by atoms with van der Waals surface area (Å²) in [4.78, 5) is 26.7. The van der Waals surface area contributed by atoms with E-state index in [1.807, 2.05) is 13.8 Å². The average Bonchev–Trinajstić information content (AvgIpc) is 2.97. The summed E-state index contributed by atoms with van der Waals surface area (Å²) < 4.78 is 21.5. The molecule has 8 heteroatoms. The molecular formula is C22H23NO7. The Morgan fingerprint density at radius 2 is 1.43 bits per heavy atom. The number of methoxy groups -OCH3 is 2. The van der Waals surface area contributed by atoms with Gasteiger partial charge in [-0.1, -0.05) is 6.07 Å². The Hall–Kier alpha value is -3.68. The van der Waals surface area contributed by atoms with Gasteiger partial charge in [-0.2, -0.15) is 0 Å². The number of benzene rings is 2. The largest absolute Gasteiger partial charge is 0.502 e. The predicted octanol–water partition coefficient (Wildman–Crippen LogP) is 3.34. The van der Waals surface area contributed by atoms with Crippen LogP contribution in [0, 0.1) is 0 Å². The minimum Gasteiger partial charge on any atom is -0.502 e. The van der Waals surface area contributed by atoms with Gasteiger partial charge in [-0.05, 0) is 43.7 Å². The molecule has 2 amide bonds. The lowest BCUT2D eigenvalue weighted by molar-refractivity contribution is -0.121. The molecule has 30 heavy (non-hydrogen) atoms. The third kappa shape index (κ3) is 3.63. The monoisotopic (exact) mass is 413 g/mol. The first-order valence-electron chi connectivity index (χ1n) is 9.40. The van der Waals surface area contributed by atoms with E-state index in [0.717, 1.165) is 4.90 Å². The molecule has 0 unspecified atom stereocenters. The van der Waals surface area contributed by atoms with E-state index in [1.54, 1.807) is 24.3 Å². The molecule has 0 saturated heterocycles. The molecule has 1 N–H and O–H groups in total. The van der Waals surface area contributed by atoms with Crippen LogP contribution < -0.4 is 23.8 Å². The molecule has 0 fully saturated rings. The van der Waals surface area contributed by atoms with Gasteiger partial charge in [0.15, 0.2) is 28.8 Å². The number of anilines is 1. The summed E-state index contributed by atoms with van der Waals surface area (Å²) >= 11 is 0. The molecule has 0 spiro atoms. The van der Waals surface area contributed by atoms with Crippen molar-refractivity contribution < 1.29 is 33.6 Å². The third-order valence-corrected chi connectivity index (χ3v) is 4.52. The summed E-state index contributed by atoms with van der Waals surface area (Å²) in [7, 11) is 2.95. The molecule has 1 heterocycles. The average molecular weight is 413 g/mol. The molecular weight excluding hydrogens is 390 g/mol. The van der Waals surface area contributed by atoms with E-state index in [1.165, 1.54) is 26.4 Å². The van der Waals surface area contributed by atoms with Crippen LogP contribution >= 0.6 is 0 Å². The highest BCUT2D eigenvalue weighted by Crippen LogP contribution is 2.38. The first-order valence-corrected chi connectivity index (χ1v) is 9.40. The van der Waals surface area contributed by atoms with Gasteiger partial charge in [-0.25, -0.2) is 4.90 Å². The zero-order valence-corrected chi connectivity index (χ0v) is 17.2. The summed E-state index contributed by atoms with van der Waals surface area (Å²) in [5.74, 6) is -0.390. The minimum absolute atomic E-state index is 0.118. The Balaban J connectivity index is 2.01. The molecule has 0 radical (unpaired) electrons. The first kappa shape index (κ1) is 21.0. The van der Waals surface area contributed by atoms with Crippen molar-refractivity contribution in [2.45, 2.75) is 13.8 Å². The maximum Gasteiger partial charge on any atom is 0.301 e. The molecule has 2 aromatic carbocycles. The second kappa shape index (κ2) is 8.77. The van der Waals surface area contributed by atoms with Gasteiger partial charge in [0, 0.05) is 6.07 Å². The molecule has 0 bridgehead atoms. The van der Waals surface area contributed by atoms with Crippen LogP contribution in [0.3, 0.4) is 0 Å². The van der Waals surface area contributed by atoms with Gasteiger partial charge in [0.25, 0.3) is 5.91 Å². The number of imide groups is 1. The number of nitrogens with zero attached hydrogens (tertiary/aromatic N) is 1. The van der Waals surface area contributed by atoms with E-state index in [9.17, 15) is 14.7 Å². The van der Waals surface area contributed by atoms with Crippen LogP contribution in [0.4, 0.5) is 5.69 Å². The number of hydrogen-bond acceptors (Lipinski definition) is 7. The first-order chi connectivity index (χ1) is 14.5. The van der Waals surface area contributed by atoms with Crippen molar-refractivity contribution in [3.63, 3.8) is 0 Å². The van der Waals surface area contributed by atoms with Crippen LogP contribution in [0.15, 0.2) is 42.2 Å². The Kier molecular flexibility index (Phi) is 6.15. The Bertz CT molecular complexity index is 1010. The number of rotatable bonds is 8. The van der Waals surface area contributed by atoms with Crippen molar-refractivity contribution in [3.05, 3.63) is 47.7 Å².